The van der Waals surface area contributed by atoms with Gasteiger partial charge in [0.05, 0.1) is 31.2 Å². The molecule has 1 N–H and O–H groups in total. The zero-order chi connectivity index (χ0) is 21.2. The summed E-state index contributed by atoms with van der Waals surface area (Å²) in [6, 6.07) is 16.9. The first-order valence-electron chi connectivity index (χ1n) is 10.7. The van der Waals surface area contributed by atoms with Gasteiger partial charge in [0, 0.05) is 13.1 Å². The average Bonchev–Trinajstić information content (AvgIpc) is 2.79. The quantitative estimate of drug-likeness (QED) is 0.675. The fraction of sp³-hybridized carbons (Fsp3) is 0.417. The summed E-state index contributed by atoms with van der Waals surface area (Å²) in [7, 11) is 0. The number of hydrogen-bond acceptors (Lipinski definition) is 4. The van der Waals surface area contributed by atoms with Crippen molar-refractivity contribution in [2.45, 2.75) is 32.6 Å². The van der Waals surface area contributed by atoms with Gasteiger partial charge in [0.2, 0.25) is 11.8 Å². The van der Waals surface area contributed by atoms with Crippen LogP contribution in [-0.2, 0) is 9.59 Å². The zero-order valence-electron chi connectivity index (χ0n) is 17.5. The van der Waals surface area contributed by atoms with Gasteiger partial charge in [0.15, 0.2) is 0 Å². The Labute approximate surface area is 178 Å². The monoisotopic (exact) mass is 410 g/mol. The molecule has 1 saturated heterocycles. The first kappa shape index (κ1) is 21.7. The minimum Gasteiger partial charge on any atom is -0.493 e. The SMILES string of the molecule is CCCOc1ccccc1NC(=O)C1CCCN(C(=O)CCOc2ccccc2)C1. The molecule has 6 nitrogen and oxygen atoms in total. The minimum atomic E-state index is -0.225. The highest BCUT2D eigenvalue weighted by atomic mass is 16.5. The Morgan fingerprint density at radius 3 is 2.60 bits per heavy atom. The van der Waals surface area contributed by atoms with Crippen LogP contribution in [0.15, 0.2) is 54.6 Å². The lowest BCUT2D eigenvalue weighted by atomic mass is 9.96. The number of anilines is 1. The van der Waals surface area contributed by atoms with Crippen molar-refractivity contribution in [3.8, 4) is 11.5 Å². The number of carbonyl (C=O) groups is 2. The van der Waals surface area contributed by atoms with E-state index in [9.17, 15) is 9.59 Å². The maximum absolute atomic E-state index is 12.8. The number of carbonyl (C=O) groups excluding carboxylic acids is 2. The molecule has 0 saturated carbocycles. The highest BCUT2D eigenvalue weighted by Crippen LogP contribution is 2.26. The van der Waals surface area contributed by atoms with Gasteiger partial charge in [0.1, 0.15) is 11.5 Å². The third-order valence-electron chi connectivity index (χ3n) is 5.08. The topological polar surface area (TPSA) is 67.9 Å². The van der Waals surface area contributed by atoms with Crippen molar-refractivity contribution in [2.24, 2.45) is 5.92 Å². The van der Waals surface area contributed by atoms with Gasteiger partial charge in [0.25, 0.3) is 0 Å². The Kier molecular flexibility index (Phi) is 8.12. The van der Waals surface area contributed by atoms with E-state index in [2.05, 4.69) is 5.32 Å². The maximum Gasteiger partial charge on any atom is 0.229 e. The lowest BCUT2D eigenvalue weighted by molar-refractivity contribution is -0.135. The molecule has 0 aromatic heterocycles. The van der Waals surface area contributed by atoms with E-state index >= 15 is 0 Å². The molecule has 1 fully saturated rings. The van der Waals surface area contributed by atoms with Crippen LogP contribution in [0.25, 0.3) is 0 Å². The number of likely N-dealkylation sites (tertiary alicyclic amines) is 1. The molecule has 1 heterocycles. The van der Waals surface area contributed by atoms with Crippen LogP contribution in [0.3, 0.4) is 0 Å². The van der Waals surface area contributed by atoms with Gasteiger partial charge in [-0.05, 0) is 43.5 Å². The summed E-state index contributed by atoms with van der Waals surface area (Å²) >= 11 is 0. The van der Waals surface area contributed by atoms with Gasteiger partial charge >= 0.3 is 0 Å². The summed E-state index contributed by atoms with van der Waals surface area (Å²) in [6.45, 7) is 4.10. The minimum absolute atomic E-state index is 0.0233. The Morgan fingerprint density at radius 1 is 1.03 bits per heavy atom. The van der Waals surface area contributed by atoms with Crippen molar-refractivity contribution in [1.29, 1.82) is 0 Å². The standard InChI is InChI=1S/C24H30N2O4/c1-2-16-30-22-13-7-6-12-21(22)25-24(28)19-9-8-15-26(18-19)23(27)14-17-29-20-10-4-3-5-11-20/h3-7,10-13,19H,2,8-9,14-18H2,1H3,(H,25,28). The first-order chi connectivity index (χ1) is 14.7. The number of amides is 2. The highest BCUT2D eigenvalue weighted by Gasteiger charge is 2.28. The summed E-state index contributed by atoms with van der Waals surface area (Å²) in [6.07, 6.45) is 2.79. The van der Waals surface area contributed by atoms with Crippen LogP contribution in [0, 0.1) is 5.92 Å². The Hall–Kier alpha value is -3.02. The Bertz CT molecular complexity index is 825. The number of nitrogens with one attached hydrogen (secondary N) is 1. The van der Waals surface area contributed by atoms with Crippen molar-refractivity contribution in [3.63, 3.8) is 0 Å². The predicted octanol–water partition coefficient (Wildman–Crippen LogP) is 4.12. The lowest BCUT2D eigenvalue weighted by Crippen LogP contribution is -2.44. The second-order valence-electron chi connectivity index (χ2n) is 7.42. The highest BCUT2D eigenvalue weighted by molar-refractivity contribution is 5.94. The number of nitrogens with zero attached hydrogens (tertiary/aromatic N) is 1. The molecule has 6 heteroatoms. The van der Waals surface area contributed by atoms with Crippen LogP contribution in [0.2, 0.25) is 0 Å². The zero-order valence-corrected chi connectivity index (χ0v) is 17.5. The summed E-state index contributed by atoms with van der Waals surface area (Å²) in [5.41, 5.74) is 0.677. The maximum atomic E-state index is 12.8. The molecule has 2 aromatic carbocycles. The normalized spacial score (nSPS) is 16.0. The fourth-order valence-corrected chi connectivity index (χ4v) is 3.49. The van der Waals surface area contributed by atoms with Crippen molar-refractivity contribution < 1.29 is 19.1 Å². The Balaban J connectivity index is 1.50. The van der Waals surface area contributed by atoms with Gasteiger partial charge in [-0.3, -0.25) is 9.59 Å². The molecule has 3 rings (SSSR count). The van der Waals surface area contributed by atoms with E-state index in [1.54, 1.807) is 4.90 Å². The fourth-order valence-electron chi connectivity index (χ4n) is 3.49. The molecular formula is C24H30N2O4. The van der Waals surface area contributed by atoms with Gasteiger partial charge in [-0.1, -0.05) is 37.3 Å². The number of rotatable bonds is 9. The molecule has 2 aromatic rings. The molecule has 2 amide bonds. The summed E-state index contributed by atoms with van der Waals surface area (Å²) in [5, 5.41) is 2.99. The third-order valence-corrected chi connectivity index (χ3v) is 5.08. The van der Waals surface area contributed by atoms with Crippen LogP contribution in [0.4, 0.5) is 5.69 Å². The second kappa shape index (κ2) is 11.2. The summed E-state index contributed by atoms with van der Waals surface area (Å²) in [5.74, 6) is 1.16. The summed E-state index contributed by atoms with van der Waals surface area (Å²) in [4.78, 5) is 27.2. The number of benzene rings is 2. The smallest absolute Gasteiger partial charge is 0.229 e. The number of hydrogen-bond donors (Lipinski definition) is 1. The van der Waals surface area contributed by atoms with E-state index in [0.29, 0.717) is 44.2 Å². The molecular weight excluding hydrogens is 380 g/mol. The van der Waals surface area contributed by atoms with Gasteiger partial charge in [-0.2, -0.15) is 0 Å². The van der Waals surface area contributed by atoms with E-state index in [1.807, 2.05) is 61.5 Å². The van der Waals surface area contributed by atoms with E-state index < -0.39 is 0 Å². The summed E-state index contributed by atoms with van der Waals surface area (Å²) < 4.78 is 11.3. The van der Waals surface area contributed by atoms with Crippen molar-refractivity contribution >= 4 is 17.5 Å². The molecule has 0 radical (unpaired) electrons. The van der Waals surface area contributed by atoms with Crippen LogP contribution >= 0.6 is 0 Å². The molecule has 1 atom stereocenters. The van der Waals surface area contributed by atoms with E-state index in [-0.39, 0.29) is 17.7 Å². The molecule has 160 valence electrons. The predicted molar refractivity (Wildman–Crippen MR) is 117 cm³/mol. The van der Waals surface area contributed by atoms with Crippen molar-refractivity contribution in [1.82, 2.24) is 4.90 Å². The first-order valence-corrected chi connectivity index (χ1v) is 10.7. The van der Waals surface area contributed by atoms with Crippen LogP contribution in [0.5, 0.6) is 11.5 Å². The third kappa shape index (κ3) is 6.24. The lowest BCUT2D eigenvalue weighted by Gasteiger charge is -2.32. The van der Waals surface area contributed by atoms with Crippen LogP contribution in [-0.4, -0.2) is 43.0 Å². The number of piperidine rings is 1. The molecule has 0 aliphatic carbocycles. The largest absolute Gasteiger partial charge is 0.493 e. The Morgan fingerprint density at radius 2 is 1.80 bits per heavy atom. The number of para-hydroxylation sites is 3. The van der Waals surface area contributed by atoms with Gasteiger partial charge < -0.3 is 19.7 Å². The second-order valence-corrected chi connectivity index (χ2v) is 7.42. The van der Waals surface area contributed by atoms with Gasteiger partial charge in [-0.25, -0.2) is 0 Å². The molecule has 0 spiro atoms. The van der Waals surface area contributed by atoms with Crippen molar-refractivity contribution in [2.75, 3.05) is 31.6 Å². The number of ether oxygens (including phenoxy) is 2. The molecule has 1 aliphatic rings. The van der Waals surface area contributed by atoms with Crippen molar-refractivity contribution in [3.05, 3.63) is 54.6 Å². The van der Waals surface area contributed by atoms with E-state index in [1.165, 1.54) is 0 Å². The molecule has 1 aliphatic heterocycles. The van der Waals surface area contributed by atoms with E-state index in [4.69, 9.17) is 9.47 Å². The molecule has 30 heavy (non-hydrogen) atoms. The van der Waals surface area contributed by atoms with Crippen LogP contribution in [0.1, 0.15) is 32.6 Å². The van der Waals surface area contributed by atoms with E-state index in [0.717, 1.165) is 25.0 Å². The average molecular weight is 411 g/mol. The van der Waals surface area contributed by atoms with Crippen LogP contribution < -0.4 is 14.8 Å². The van der Waals surface area contributed by atoms with Gasteiger partial charge in [-0.15, -0.1) is 0 Å². The molecule has 1 unspecified atom stereocenters. The molecule has 0 bridgehead atoms.